The number of anilines is 1. The lowest BCUT2D eigenvalue weighted by Gasteiger charge is -2.10. The zero-order chi connectivity index (χ0) is 19.6. The molecule has 0 spiro atoms. The maximum atomic E-state index is 12.6. The van der Waals surface area contributed by atoms with Crippen LogP contribution in [0.4, 0.5) is 5.69 Å². The summed E-state index contributed by atoms with van der Waals surface area (Å²) in [6.07, 6.45) is 0. The molecule has 0 aliphatic heterocycles. The van der Waals surface area contributed by atoms with Crippen molar-refractivity contribution in [2.45, 2.75) is 6.92 Å². The molecule has 0 radical (unpaired) electrons. The van der Waals surface area contributed by atoms with E-state index in [1.54, 1.807) is 6.07 Å². The van der Waals surface area contributed by atoms with Crippen LogP contribution in [0.2, 0.25) is 0 Å². The molecule has 7 heteroatoms. The summed E-state index contributed by atoms with van der Waals surface area (Å²) >= 11 is 0. The predicted octanol–water partition coefficient (Wildman–Crippen LogP) is 3.57. The molecule has 2 aromatic carbocycles. The van der Waals surface area contributed by atoms with Gasteiger partial charge in [-0.15, -0.1) is 0 Å². The third kappa shape index (κ3) is 3.67. The molecule has 0 atom stereocenters. The Hall–Kier alpha value is -3.61. The molecule has 0 aliphatic rings. The van der Waals surface area contributed by atoms with Crippen LogP contribution in [0.3, 0.4) is 0 Å². The summed E-state index contributed by atoms with van der Waals surface area (Å²) in [4.78, 5) is 36.3. The monoisotopic (exact) mass is 367 g/mol. The Morgan fingerprint density at radius 3 is 2.37 bits per heavy atom. The van der Waals surface area contributed by atoms with Gasteiger partial charge in [-0.05, 0) is 42.8 Å². The van der Waals surface area contributed by atoms with Crippen LogP contribution >= 0.6 is 0 Å². The minimum atomic E-state index is -0.651. The Labute approximate surface area is 154 Å². The van der Waals surface area contributed by atoms with Gasteiger partial charge in [-0.3, -0.25) is 4.79 Å². The number of rotatable bonds is 4. The SMILES string of the molecule is COC(=O)c1ccc(C(=O)OC)c(NC(=O)c2cc3ccc(C)cc3o2)c1. The number of carbonyl (C=O) groups is 3. The summed E-state index contributed by atoms with van der Waals surface area (Å²) in [6.45, 7) is 1.92. The number of ether oxygens (including phenoxy) is 2. The van der Waals surface area contributed by atoms with E-state index in [9.17, 15) is 14.4 Å². The lowest BCUT2D eigenvalue weighted by molar-refractivity contribution is 0.0587. The first kappa shape index (κ1) is 18.2. The van der Waals surface area contributed by atoms with Crippen LogP contribution in [-0.2, 0) is 9.47 Å². The fourth-order valence-corrected chi connectivity index (χ4v) is 2.61. The van der Waals surface area contributed by atoms with Gasteiger partial charge in [-0.2, -0.15) is 0 Å². The Bertz CT molecular complexity index is 1050. The van der Waals surface area contributed by atoms with Crippen LogP contribution in [0, 0.1) is 6.92 Å². The number of methoxy groups -OCH3 is 2. The van der Waals surface area contributed by atoms with E-state index in [4.69, 9.17) is 9.15 Å². The highest BCUT2D eigenvalue weighted by Gasteiger charge is 2.19. The van der Waals surface area contributed by atoms with Gasteiger partial charge >= 0.3 is 11.9 Å². The number of esters is 2. The Morgan fingerprint density at radius 1 is 0.926 bits per heavy atom. The number of furan rings is 1. The lowest BCUT2D eigenvalue weighted by Crippen LogP contribution is -2.16. The zero-order valence-electron chi connectivity index (χ0n) is 15.0. The van der Waals surface area contributed by atoms with Crippen molar-refractivity contribution in [2.24, 2.45) is 0 Å². The minimum absolute atomic E-state index is 0.0786. The Kier molecular flexibility index (Phi) is 4.94. The van der Waals surface area contributed by atoms with E-state index in [0.29, 0.717) is 5.58 Å². The zero-order valence-corrected chi connectivity index (χ0v) is 15.0. The van der Waals surface area contributed by atoms with Crippen molar-refractivity contribution in [3.63, 3.8) is 0 Å². The molecule has 1 amide bonds. The van der Waals surface area contributed by atoms with E-state index in [2.05, 4.69) is 10.1 Å². The van der Waals surface area contributed by atoms with Crippen molar-refractivity contribution in [1.82, 2.24) is 0 Å². The van der Waals surface area contributed by atoms with Crippen LogP contribution in [0.15, 0.2) is 46.9 Å². The van der Waals surface area contributed by atoms with Crippen LogP contribution < -0.4 is 5.32 Å². The number of carbonyl (C=O) groups excluding carboxylic acids is 3. The van der Waals surface area contributed by atoms with Crippen molar-refractivity contribution in [2.75, 3.05) is 19.5 Å². The van der Waals surface area contributed by atoms with E-state index in [-0.39, 0.29) is 22.6 Å². The molecule has 3 aromatic rings. The molecule has 0 unspecified atom stereocenters. The van der Waals surface area contributed by atoms with Crippen molar-refractivity contribution in [1.29, 1.82) is 0 Å². The van der Waals surface area contributed by atoms with Gasteiger partial charge in [0.15, 0.2) is 5.76 Å². The third-order valence-corrected chi connectivity index (χ3v) is 3.99. The fraction of sp³-hybridized carbons (Fsp3) is 0.150. The molecule has 3 rings (SSSR count). The highest BCUT2D eigenvalue weighted by molar-refractivity contribution is 6.09. The summed E-state index contributed by atoms with van der Waals surface area (Å²) in [7, 11) is 2.47. The molecule has 1 N–H and O–H groups in total. The number of fused-ring (bicyclic) bond motifs is 1. The molecule has 0 saturated heterocycles. The van der Waals surface area contributed by atoms with Gasteiger partial charge in [0.1, 0.15) is 5.58 Å². The summed E-state index contributed by atoms with van der Waals surface area (Å²) < 4.78 is 15.0. The van der Waals surface area contributed by atoms with Crippen molar-refractivity contribution in [3.05, 3.63) is 64.9 Å². The molecule has 1 aromatic heterocycles. The quantitative estimate of drug-likeness (QED) is 0.709. The molecule has 7 nitrogen and oxygen atoms in total. The van der Waals surface area contributed by atoms with Gasteiger partial charge in [0.05, 0.1) is 31.0 Å². The number of nitrogens with one attached hydrogen (secondary N) is 1. The van der Waals surface area contributed by atoms with Gasteiger partial charge in [0.25, 0.3) is 5.91 Å². The number of aryl methyl sites for hydroxylation is 1. The maximum Gasteiger partial charge on any atom is 0.339 e. The van der Waals surface area contributed by atoms with Crippen LogP contribution in [0.25, 0.3) is 11.0 Å². The summed E-state index contributed by atoms with van der Waals surface area (Å²) in [5.41, 5.74) is 1.98. The topological polar surface area (TPSA) is 94.8 Å². The van der Waals surface area contributed by atoms with Crippen LogP contribution in [0.1, 0.15) is 36.8 Å². The van der Waals surface area contributed by atoms with Gasteiger partial charge in [0, 0.05) is 5.39 Å². The van der Waals surface area contributed by atoms with E-state index in [1.807, 2.05) is 25.1 Å². The Morgan fingerprint density at radius 2 is 1.67 bits per heavy atom. The van der Waals surface area contributed by atoms with Crippen molar-refractivity contribution < 1.29 is 28.3 Å². The summed E-state index contributed by atoms with van der Waals surface area (Å²) in [5.74, 6) is -1.73. The summed E-state index contributed by atoms with van der Waals surface area (Å²) in [5, 5.41) is 3.38. The molecule has 27 heavy (non-hydrogen) atoms. The minimum Gasteiger partial charge on any atom is -0.465 e. The second-order valence-corrected chi connectivity index (χ2v) is 5.85. The van der Waals surface area contributed by atoms with Crippen LogP contribution in [0.5, 0.6) is 0 Å². The van der Waals surface area contributed by atoms with Crippen molar-refractivity contribution >= 4 is 34.5 Å². The van der Waals surface area contributed by atoms with Crippen LogP contribution in [-0.4, -0.2) is 32.1 Å². The maximum absolute atomic E-state index is 12.6. The van der Waals surface area contributed by atoms with E-state index in [1.165, 1.54) is 32.4 Å². The van der Waals surface area contributed by atoms with Gasteiger partial charge < -0.3 is 19.2 Å². The number of benzene rings is 2. The number of hydrogen-bond acceptors (Lipinski definition) is 6. The van der Waals surface area contributed by atoms with Gasteiger partial charge in [0.2, 0.25) is 0 Å². The first-order valence-electron chi connectivity index (χ1n) is 8.05. The highest BCUT2D eigenvalue weighted by Crippen LogP contribution is 2.24. The average molecular weight is 367 g/mol. The number of hydrogen-bond donors (Lipinski definition) is 1. The largest absolute Gasteiger partial charge is 0.465 e. The average Bonchev–Trinajstić information content (AvgIpc) is 3.10. The first-order valence-corrected chi connectivity index (χ1v) is 8.05. The standard InChI is InChI=1S/C20H17NO6/c1-11-4-5-12-10-17(27-16(12)8-11)18(22)21-15-9-13(19(23)25-2)6-7-14(15)20(24)26-3/h4-10H,1-3H3,(H,21,22). The second-order valence-electron chi connectivity index (χ2n) is 5.85. The molecule has 0 fully saturated rings. The highest BCUT2D eigenvalue weighted by atomic mass is 16.5. The summed E-state index contributed by atoms with van der Waals surface area (Å²) in [6, 6.07) is 11.3. The van der Waals surface area contributed by atoms with Crippen molar-refractivity contribution in [3.8, 4) is 0 Å². The fourth-order valence-electron chi connectivity index (χ4n) is 2.61. The first-order chi connectivity index (χ1) is 12.9. The second kappa shape index (κ2) is 7.33. The molecule has 0 aliphatic carbocycles. The molecule has 1 heterocycles. The molecular weight excluding hydrogens is 350 g/mol. The van der Waals surface area contributed by atoms with E-state index in [0.717, 1.165) is 10.9 Å². The normalized spacial score (nSPS) is 10.5. The molecule has 0 saturated carbocycles. The molecule has 138 valence electrons. The van der Waals surface area contributed by atoms with Gasteiger partial charge in [-0.1, -0.05) is 12.1 Å². The Balaban J connectivity index is 1.97. The van der Waals surface area contributed by atoms with E-state index < -0.39 is 17.8 Å². The van der Waals surface area contributed by atoms with E-state index >= 15 is 0 Å². The number of amides is 1. The molecule has 0 bridgehead atoms. The molecular formula is C20H17NO6. The van der Waals surface area contributed by atoms with Gasteiger partial charge in [-0.25, -0.2) is 9.59 Å². The third-order valence-electron chi connectivity index (χ3n) is 3.99. The smallest absolute Gasteiger partial charge is 0.339 e. The lowest BCUT2D eigenvalue weighted by atomic mass is 10.1. The predicted molar refractivity (Wildman–Crippen MR) is 98.0 cm³/mol.